The monoisotopic (exact) mass is 419 g/mol. The summed E-state index contributed by atoms with van der Waals surface area (Å²) >= 11 is 3.38. The van der Waals surface area contributed by atoms with Crippen LogP contribution < -0.4 is 21.1 Å². The number of halogens is 1. The van der Waals surface area contributed by atoms with E-state index in [-0.39, 0.29) is 12.3 Å². The minimum Gasteiger partial charge on any atom is -0.492 e. The third kappa shape index (κ3) is 6.76. The molecule has 0 heterocycles. The largest absolute Gasteiger partial charge is 0.492 e. The van der Waals surface area contributed by atoms with Crippen LogP contribution in [0.25, 0.3) is 0 Å². The van der Waals surface area contributed by atoms with Crippen LogP contribution in [0.3, 0.4) is 0 Å². The molecule has 138 valence electrons. The lowest BCUT2D eigenvalue weighted by Crippen LogP contribution is -2.37. The van der Waals surface area contributed by atoms with Crippen molar-refractivity contribution in [1.82, 2.24) is 10.6 Å². The van der Waals surface area contributed by atoms with Crippen molar-refractivity contribution < 1.29 is 14.3 Å². The molecule has 0 aliphatic rings. The van der Waals surface area contributed by atoms with Crippen LogP contribution in [0.5, 0.6) is 5.75 Å². The lowest BCUT2D eigenvalue weighted by Gasteiger charge is -2.18. The van der Waals surface area contributed by atoms with Gasteiger partial charge >= 0.3 is 6.03 Å². The van der Waals surface area contributed by atoms with Gasteiger partial charge in [0.2, 0.25) is 5.91 Å². The first-order valence-electron chi connectivity index (χ1n) is 8.21. The Bertz CT molecular complexity index is 750. The highest BCUT2D eigenvalue weighted by Crippen LogP contribution is 2.20. The van der Waals surface area contributed by atoms with Crippen molar-refractivity contribution in [2.24, 2.45) is 5.73 Å². The molecule has 0 spiro atoms. The van der Waals surface area contributed by atoms with Gasteiger partial charge in [-0.15, -0.1) is 0 Å². The number of urea groups is 1. The second-order valence-corrected chi connectivity index (χ2v) is 6.75. The number of ether oxygens (including phenoxy) is 1. The van der Waals surface area contributed by atoms with Gasteiger partial charge in [0.1, 0.15) is 12.4 Å². The van der Waals surface area contributed by atoms with E-state index in [1.807, 2.05) is 55.5 Å². The van der Waals surface area contributed by atoms with E-state index < -0.39 is 12.1 Å². The summed E-state index contributed by atoms with van der Waals surface area (Å²) in [5, 5.41) is 5.39. The van der Waals surface area contributed by atoms with Crippen molar-refractivity contribution >= 4 is 27.9 Å². The maximum Gasteiger partial charge on any atom is 0.312 e. The summed E-state index contributed by atoms with van der Waals surface area (Å²) in [5.41, 5.74) is 7.18. The topological polar surface area (TPSA) is 93.4 Å². The molecule has 0 saturated heterocycles. The molecule has 7 heteroatoms. The van der Waals surface area contributed by atoms with E-state index >= 15 is 0 Å². The first kappa shape index (κ1) is 19.8. The third-order valence-corrected chi connectivity index (χ3v) is 4.16. The van der Waals surface area contributed by atoms with Gasteiger partial charge in [0.15, 0.2) is 0 Å². The van der Waals surface area contributed by atoms with Gasteiger partial charge in [-0.3, -0.25) is 4.79 Å². The molecule has 0 bridgehead atoms. The number of nitrogens with one attached hydrogen (secondary N) is 2. The average molecular weight is 420 g/mol. The van der Waals surface area contributed by atoms with Crippen LogP contribution in [0.2, 0.25) is 0 Å². The number of amides is 3. The molecule has 26 heavy (non-hydrogen) atoms. The summed E-state index contributed by atoms with van der Waals surface area (Å²) in [7, 11) is 0. The lowest BCUT2D eigenvalue weighted by molar-refractivity contribution is -0.121. The molecule has 0 unspecified atom stereocenters. The fraction of sp³-hybridized carbons (Fsp3) is 0.263. The van der Waals surface area contributed by atoms with Gasteiger partial charge in [0.05, 0.1) is 19.0 Å². The molecule has 2 aromatic rings. The zero-order valence-corrected chi connectivity index (χ0v) is 16.1. The number of rotatable bonds is 8. The van der Waals surface area contributed by atoms with Gasteiger partial charge in [-0.05, 0) is 36.8 Å². The fourth-order valence-corrected chi connectivity index (χ4v) is 2.82. The van der Waals surface area contributed by atoms with E-state index in [1.165, 1.54) is 0 Å². The summed E-state index contributed by atoms with van der Waals surface area (Å²) in [6, 6.07) is 13.9. The molecule has 6 nitrogen and oxygen atoms in total. The van der Waals surface area contributed by atoms with Crippen molar-refractivity contribution in [1.29, 1.82) is 0 Å². The van der Waals surface area contributed by atoms with Crippen LogP contribution in [0.15, 0.2) is 53.0 Å². The summed E-state index contributed by atoms with van der Waals surface area (Å²) in [4.78, 5) is 23.4. The minimum atomic E-state index is -0.675. The van der Waals surface area contributed by atoms with Crippen LogP contribution in [0.4, 0.5) is 4.79 Å². The predicted octanol–water partition coefficient (Wildman–Crippen LogP) is 3.05. The van der Waals surface area contributed by atoms with Gasteiger partial charge in [0.25, 0.3) is 0 Å². The predicted molar refractivity (Wildman–Crippen MR) is 104 cm³/mol. The average Bonchev–Trinajstić information content (AvgIpc) is 2.59. The normalized spacial score (nSPS) is 11.5. The first-order valence-corrected chi connectivity index (χ1v) is 9.01. The maximum atomic E-state index is 12.2. The molecule has 0 aliphatic carbocycles. The number of benzene rings is 2. The van der Waals surface area contributed by atoms with Gasteiger partial charge in [-0.1, -0.05) is 45.8 Å². The van der Waals surface area contributed by atoms with Crippen LogP contribution >= 0.6 is 15.9 Å². The van der Waals surface area contributed by atoms with E-state index in [0.717, 1.165) is 21.3 Å². The van der Waals surface area contributed by atoms with Crippen molar-refractivity contribution in [3.8, 4) is 5.75 Å². The Morgan fingerprint density at radius 3 is 2.58 bits per heavy atom. The van der Waals surface area contributed by atoms with Crippen molar-refractivity contribution in [2.45, 2.75) is 19.4 Å². The molecule has 0 aromatic heterocycles. The Morgan fingerprint density at radius 2 is 1.92 bits per heavy atom. The minimum absolute atomic E-state index is 0.0872. The Balaban J connectivity index is 1.82. The molecule has 4 N–H and O–H groups in total. The van der Waals surface area contributed by atoms with Crippen LogP contribution in [0, 0.1) is 6.92 Å². The Hall–Kier alpha value is -2.54. The molecule has 2 rings (SSSR count). The molecular formula is C19H22BrN3O3. The first-order chi connectivity index (χ1) is 12.4. The molecule has 0 radical (unpaired) electrons. The van der Waals surface area contributed by atoms with E-state index in [9.17, 15) is 9.59 Å². The van der Waals surface area contributed by atoms with Gasteiger partial charge < -0.3 is 21.1 Å². The van der Waals surface area contributed by atoms with E-state index in [1.54, 1.807) is 0 Å². The summed E-state index contributed by atoms with van der Waals surface area (Å²) in [5.74, 6) is 0.559. The lowest BCUT2D eigenvalue weighted by atomic mass is 10.0. The second-order valence-electron chi connectivity index (χ2n) is 5.83. The summed E-state index contributed by atoms with van der Waals surface area (Å²) in [6.07, 6.45) is 0.0872. The van der Waals surface area contributed by atoms with E-state index in [0.29, 0.717) is 13.2 Å². The highest BCUT2D eigenvalue weighted by atomic mass is 79.9. The molecule has 0 aliphatic heterocycles. The van der Waals surface area contributed by atoms with Crippen LogP contribution in [-0.2, 0) is 4.79 Å². The Kier molecular flexibility index (Phi) is 7.47. The Labute approximate surface area is 161 Å². The van der Waals surface area contributed by atoms with E-state index in [4.69, 9.17) is 10.5 Å². The van der Waals surface area contributed by atoms with Crippen molar-refractivity contribution in [3.63, 3.8) is 0 Å². The smallest absolute Gasteiger partial charge is 0.312 e. The number of nitrogens with two attached hydrogens (primary N) is 1. The molecule has 2 aromatic carbocycles. The highest BCUT2D eigenvalue weighted by Gasteiger charge is 2.17. The SMILES string of the molecule is Cc1ccc(OCCNC(=O)C[C@H](NC(N)=O)c2cccc(Br)c2)cc1. The number of primary amides is 1. The quantitative estimate of drug-likeness (QED) is 0.573. The number of carbonyl (C=O) groups is 2. The summed E-state index contributed by atoms with van der Waals surface area (Å²) in [6.45, 7) is 2.74. The number of hydrogen-bond acceptors (Lipinski definition) is 3. The third-order valence-electron chi connectivity index (χ3n) is 3.67. The molecule has 0 saturated carbocycles. The standard InChI is InChI=1S/C19H22BrN3O3/c1-13-5-7-16(8-6-13)26-10-9-22-18(24)12-17(23-19(21)25)14-3-2-4-15(20)11-14/h2-8,11,17H,9-10,12H2,1H3,(H,22,24)(H3,21,23,25)/t17-/m0/s1. The Morgan fingerprint density at radius 1 is 1.19 bits per heavy atom. The molecule has 3 amide bonds. The van der Waals surface area contributed by atoms with Gasteiger partial charge in [-0.25, -0.2) is 4.79 Å². The fourth-order valence-electron chi connectivity index (χ4n) is 2.40. The van der Waals surface area contributed by atoms with Crippen molar-refractivity contribution in [2.75, 3.05) is 13.2 Å². The van der Waals surface area contributed by atoms with Gasteiger partial charge in [0, 0.05) is 4.47 Å². The highest BCUT2D eigenvalue weighted by molar-refractivity contribution is 9.10. The summed E-state index contributed by atoms with van der Waals surface area (Å²) < 4.78 is 6.43. The number of aryl methyl sites for hydroxylation is 1. The van der Waals surface area contributed by atoms with E-state index in [2.05, 4.69) is 26.6 Å². The van der Waals surface area contributed by atoms with Gasteiger partial charge in [-0.2, -0.15) is 0 Å². The zero-order valence-electron chi connectivity index (χ0n) is 14.5. The molecular weight excluding hydrogens is 398 g/mol. The zero-order chi connectivity index (χ0) is 18.9. The molecule has 1 atom stereocenters. The molecule has 0 fully saturated rings. The number of carbonyl (C=O) groups excluding carboxylic acids is 2. The maximum absolute atomic E-state index is 12.2. The van der Waals surface area contributed by atoms with Crippen LogP contribution in [-0.4, -0.2) is 25.1 Å². The van der Waals surface area contributed by atoms with Crippen LogP contribution in [0.1, 0.15) is 23.6 Å². The van der Waals surface area contributed by atoms with Crippen molar-refractivity contribution in [3.05, 3.63) is 64.1 Å². The second kappa shape index (κ2) is 9.82. The number of hydrogen-bond donors (Lipinski definition) is 3.